The van der Waals surface area contributed by atoms with Crippen molar-refractivity contribution < 1.29 is 9.47 Å². The van der Waals surface area contributed by atoms with Gasteiger partial charge in [0.25, 0.3) is 0 Å². The highest BCUT2D eigenvalue weighted by Crippen LogP contribution is 2.43. The molecular weight excluding hydrogens is 178 g/mol. The summed E-state index contributed by atoms with van der Waals surface area (Å²) in [4.78, 5) is 0. The molecule has 0 radical (unpaired) electrons. The number of hydrogen-bond donors (Lipinski definition) is 0. The van der Waals surface area contributed by atoms with Gasteiger partial charge in [-0.25, -0.2) is 0 Å². The second-order valence-electron chi connectivity index (χ2n) is 4.55. The normalized spacial score (nSPS) is 47.9. The molecule has 1 spiro atoms. The maximum atomic E-state index is 9.09. The monoisotopic (exact) mass is 195 g/mol. The van der Waals surface area contributed by atoms with Crippen molar-refractivity contribution in [2.24, 2.45) is 5.92 Å². The van der Waals surface area contributed by atoms with Gasteiger partial charge in [0.15, 0.2) is 0 Å². The average Bonchev–Trinajstić information content (AvgIpc) is 2.45. The predicted molar refractivity (Wildman–Crippen MR) is 51.6 cm³/mol. The lowest BCUT2D eigenvalue weighted by atomic mass is 9.78. The highest BCUT2D eigenvalue weighted by molar-refractivity contribution is 5.06. The first-order chi connectivity index (χ1) is 6.66. The van der Waals surface area contributed by atoms with E-state index in [4.69, 9.17) is 14.7 Å². The first-order valence-electron chi connectivity index (χ1n) is 5.35. The Balaban J connectivity index is 2.17. The summed E-state index contributed by atoms with van der Waals surface area (Å²) in [6.07, 6.45) is 3.06. The zero-order valence-corrected chi connectivity index (χ0v) is 8.82. The Morgan fingerprint density at radius 2 is 1.93 bits per heavy atom. The predicted octanol–water partition coefficient (Wildman–Crippen LogP) is 1.87. The number of rotatable bonds is 0. The smallest absolute Gasteiger partial charge is 0.0889 e. The van der Waals surface area contributed by atoms with Gasteiger partial charge in [-0.3, -0.25) is 0 Å². The fraction of sp³-hybridized carbons (Fsp3) is 0.909. The van der Waals surface area contributed by atoms with E-state index in [0.717, 1.165) is 25.9 Å². The summed E-state index contributed by atoms with van der Waals surface area (Å²) in [7, 11) is 0. The molecule has 2 fully saturated rings. The zero-order valence-electron chi connectivity index (χ0n) is 8.82. The van der Waals surface area contributed by atoms with E-state index in [2.05, 4.69) is 19.9 Å². The molecule has 3 nitrogen and oxygen atoms in total. The molecule has 0 amide bonds. The summed E-state index contributed by atoms with van der Waals surface area (Å²) in [5, 5.41) is 9.09. The van der Waals surface area contributed by atoms with Crippen molar-refractivity contribution in [1.82, 2.24) is 0 Å². The lowest BCUT2D eigenvalue weighted by Crippen LogP contribution is -2.46. The van der Waals surface area contributed by atoms with E-state index in [9.17, 15) is 0 Å². The summed E-state index contributed by atoms with van der Waals surface area (Å²) in [6, 6.07) is 2.38. The molecule has 2 heterocycles. The van der Waals surface area contributed by atoms with E-state index in [1.54, 1.807) is 0 Å². The Morgan fingerprint density at radius 3 is 2.50 bits per heavy atom. The summed E-state index contributed by atoms with van der Waals surface area (Å²) < 4.78 is 11.5. The summed E-state index contributed by atoms with van der Waals surface area (Å²) >= 11 is 0. The average molecular weight is 195 g/mol. The van der Waals surface area contributed by atoms with Crippen LogP contribution in [0, 0.1) is 17.2 Å². The van der Waals surface area contributed by atoms with Crippen LogP contribution < -0.4 is 0 Å². The van der Waals surface area contributed by atoms with Crippen molar-refractivity contribution in [3.05, 3.63) is 0 Å². The van der Waals surface area contributed by atoms with E-state index >= 15 is 0 Å². The van der Waals surface area contributed by atoms with Gasteiger partial charge < -0.3 is 9.47 Å². The highest BCUT2D eigenvalue weighted by atomic mass is 16.5. The molecule has 2 aliphatic heterocycles. The third kappa shape index (κ3) is 1.53. The van der Waals surface area contributed by atoms with Crippen LogP contribution in [-0.4, -0.2) is 24.4 Å². The minimum absolute atomic E-state index is 0.0660. The molecule has 3 heteroatoms. The van der Waals surface area contributed by atoms with Crippen molar-refractivity contribution in [2.75, 3.05) is 6.61 Å². The fourth-order valence-corrected chi connectivity index (χ4v) is 2.88. The second-order valence-corrected chi connectivity index (χ2v) is 4.55. The minimum atomic E-state index is -0.203. The molecule has 14 heavy (non-hydrogen) atoms. The molecular formula is C11H17NO2. The van der Waals surface area contributed by atoms with Gasteiger partial charge in [0, 0.05) is 19.4 Å². The summed E-state index contributed by atoms with van der Waals surface area (Å²) in [5.74, 6) is 0.0660. The first-order valence-corrected chi connectivity index (χ1v) is 5.35. The van der Waals surface area contributed by atoms with Gasteiger partial charge in [0.1, 0.15) is 0 Å². The van der Waals surface area contributed by atoms with Crippen molar-refractivity contribution in [3.63, 3.8) is 0 Å². The molecule has 78 valence electrons. The molecule has 2 saturated heterocycles. The van der Waals surface area contributed by atoms with Crippen LogP contribution in [0.3, 0.4) is 0 Å². The minimum Gasteiger partial charge on any atom is -0.375 e. The highest BCUT2D eigenvalue weighted by Gasteiger charge is 2.49. The molecule has 0 aromatic heterocycles. The summed E-state index contributed by atoms with van der Waals surface area (Å²) in [6.45, 7) is 4.86. The molecule has 0 N–H and O–H groups in total. The Morgan fingerprint density at radius 1 is 1.29 bits per heavy atom. The van der Waals surface area contributed by atoms with Crippen LogP contribution >= 0.6 is 0 Å². The molecule has 0 aliphatic carbocycles. The quantitative estimate of drug-likeness (QED) is 0.592. The molecule has 0 aromatic carbocycles. The van der Waals surface area contributed by atoms with Crippen LogP contribution in [0.4, 0.5) is 0 Å². The second kappa shape index (κ2) is 3.52. The fourth-order valence-electron chi connectivity index (χ4n) is 2.88. The van der Waals surface area contributed by atoms with Crippen LogP contribution in [0.15, 0.2) is 0 Å². The van der Waals surface area contributed by atoms with Crippen LogP contribution in [0.25, 0.3) is 0 Å². The maximum Gasteiger partial charge on any atom is 0.0889 e. The molecule has 2 aliphatic rings. The number of nitrogens with zero attached hydrogens (tertiary/aromatic N) is 1. The third-order valence-electron chi connectivity index (χ3n) is 3.32. The van der Waals surface area contributed by atoms with E-state index in [1.807, 2.05) is 0 Å². The van der Waals surface area contributed by atoms with E-state index in [-0.39, 0.29) is 23.7 Å². The Kier molecular flexibility index (Phi) is 2.50. The Hall–Kier alpha value is -0.590. The van der Waals surface area contributed by atoms with Crippen molar-refractivity contribution >= 4 is 0 Å². The first kappa shape index (κ1) is 9.95. The largest absolute Gasteiger partial charge is 0.375 e. The number of hydrogen-bond acceptors (Lipinski definition) is 3. The Bertz CT molecular complexity index is 249. The molecule has 2 rings (SSSR count). The molecule has 0 saturated carbocycles. The Labute approximate surface area is 85.0 Å². The van der Waals surface area contributed by atoms with Gasteiger partial charge in [-0.2, -0.15) is 5.26 Å². The van der Waals surface area contributed by atoms with Crippen LogP contribution in [0.1, 0.15) is 33.1 Å². The van der Waals surface area contributed by atoms with Crippen molar-refractivity contribution in [2.45, 2.75) is 50.9 Å². The summed E-state index contributed by atoms with van der Waals surface area (Å²) in [5.41, 5.74) is -0.203. The van der Waals surface area contributed by atoms with Crippen molar-refractivity contribution in [1.29, 1.82) is 5.26 Å². The number of nitriles is 1. The zero-order chi connectivity index (χ0) is 10.2. The molecule has 2 unspecified atom stereocenters. The maximum absolute atomic E-state index is 9.09. The van der Waals surface area contributed by atoms with Gasteiger partial charge in [0.05, 0.1) is 29.8 Å². The van der Waals surface area contributed by atoms with Crippen LogP contribution in [0.2, 0.25) is 0 Å². The van der Waals surface area contributed by atoms with E-state index in [1.165, 1.54) is 0 Å². The standard InChI is InChI=1S/C11H17NO2/c1-8-5-11(6-9(2)14-8)10(7-12)3-4-13-11/h8-10H,3-6H2,1-2H3/t8-,9+,10?,11?. The van der Waals surface area contributed by atoms with Crippen LogP contribution in [0.5, 0.6) is 0 Å². The molecule has 0 aromatic rings. The molecule has 0 bridgehead atoms. The number of ether oxygens (including phenoxy) is 2. The van der Waals surface area contributed by atoms with Crippen molar-refractivity contribution in [3.8, 4) is 6.07 Å². The van der Waals surface area contributed by atoms with Gasteiger partial charge >= 0.3 is 0 Å². The topological polar surface area (TPSA) is 42.2 Å². The molecule has 4 atom stereocenters. The SMILES string of the molecule is C[C@@H]1CC2(C[C@H](C)O1)OCCC2C#N. The van der Waals surface area contributed by atoms with E-state index in [0.29, 0.717) is 0 Å². The van der Waals surface area contributed by atoms with Gasteiger partial charge in [0.2, 0.25) is 0 Å². The van der Waals surface area contributed by atoms with Gasteiger partial charge in [-0.15, -0.1) is 0 Å². The van der Waals surface area contributed by atoms with E-state index < -0.39 is 0 Å². The lowest BCUT2D eigenvalue weighted by molar-refractivity contribution is -0.146. The van der Waals surface area contributed by atoms with Crippen LogP contribution in [-0.2, 0) is 9.47 Å². The third-order valence-corrected chi connectivity index (χ3v) is 3.32. The lowest BCUT2D eigenvalue weighted by Gasteiger charge is -2.41. The van der Waals surface area contributed by atoms with Gasteiger partial charge in [-0.1, -0.05) is 0 Å². The van der Waals surface area contributed by atoms with Gasteiger partial charge in [-0.05, 0) is 20.3 Å².